The molecule has 98 valence electrons. The number of carboxylic acids is 1. The van der Waals surface area contributed by atoms with Gasteiger partial charge in [-0.25, -0.2) is 4.79 Å². The van der Waals surface area contributed by atoms with Crippen LogP contribution in [0.2, 0.25) is 0 Å². The van der Waals surface area contributed by atoms with Gasteiger partial charge in [-0.1, -0.05) is 32.9 Å². The topological polar surface area (TPSA) is 66.4 Å². The van der Waals surface area contributed by atoms with Crippen LogP contribution >= 0.6 is 0 Å². The first kappa shape index (κ1) is 14.2. The molecule has 0 atom stereocenters. The van der Waals surface area contributed by atoms with Crippen molar-refractivity contribution in [1.29, 1.82) is 0 Å². The van der Waals surface area contributed by atoms with Crippen molar-refractivity contribution in [3.8, 4) is 0 Å². The third-order valence-electron chi connectivity index (χ3n) is 3.09. The molecule has 0 aromatic heterocycles. The molecule has 0 fully saturated rings. The predicted molar refractivity (Wildman–Crippen MR) is 69.8 cm³/mol. The summed E-state index contributed by atoms with van der Waals surface area (Å²) < 4.78 is 0. The van der Waals surface area contributed by atoms with Gasteiger partial charge in [0.25, 0.3) is 5.91 Å². The van der Waals surface area contributed by atoms with Crippen molar-refractivity contribution in [3.05, 3.63) is 35.4 Å². The van der Waals surface area contributed by atoms with Crippen LogP contribution in [0.25, 0.3) is 0 Å². The van der Waals surface area contributed by atoms with E-state index in [0.717, 1.165) is 6.42 Å². The van der Waals surface area contributed by atoms with Crippen molar-refractivity contribution >= 4 is 11.9 Å². The Hall–Kier alpha value is -1.84. The quantitative estimate of drug-likeness (QED) is 0.842. The van der Waals surface area contributed by atoms with Gasteiger partial charge in [-0.05, 0) is 24.0 Å². The second kappa shape index (κ2) is 5.67. The summed E-state index contributed by atoms with van der Waals surface area (Å²) in [5.74, 6) is -1.43. The van der Waals surface area contributed by atoms with E-state index in [-0.39, 0.29) is 22.4 Å². The first-order chi connectivity index (χ1) is 8.37. The highest BCUT2D eigenvalue weighted by molar-refractivity contribution is 6.04. The lowest BCUT2D eigenvalue weighted by atomic mass is 9.90. The van der Waals surface area contributed by atoms with E-state index in [1.165, 1.54) is 12.1 Å². The minimum absolute atomic E-state index is 0.00777. The zero-order valence-electron chi connectivity index (χ0n) is 11.0. The Balaban J connectivity index is 2.82. The van der Waals surface area contributed by atoms with Crippen LogP contribution in [-0.4, -0.2) is 23.5 Å². The van der Waals surface area contributed by atoms with Crippen LogP contribution in [0.15, 0.2) is 24.3 Å². The number of hydrogen-bond acceptors (Lipinski definition) is 2. The lowest BCUT2D eigenvalue weighted by Crippen LogP contribution is -2.34. The van der Waals surface area contributed by atoms with Gasteiger partial charge in [-0.2, -0.15) is 0 Å². The molecule has 0 aliphatic heterocycles. The van der Waals surface area contributed by atoms with E-state index in [9.17, 15) is 9.59 Å². The van der Waals surface area contributed by atoms with Gasteiger partial charge in [0.15, 0.2) is 0 Å². The molecule has 0 radical (unpaired) electrons. The number of carboxylic acid groups (broad SMARTS) is 1. The lowest BCUT2D eigenvalue weighted by molar-refractivity contribution is 0.0690. The summed E-state index contributed by atoms with van der Waals surface area (Å²) in [5, 5.41) is 11.8. The van der Waals surface area contributed by atoms with Crippen molar-refractivity contribution in [2.24, 2.45) is 5.41 Å². The average molecular weight is 249 g/mol. The summed E-state index contributed by atoms with van der Waals surface area (Å²) in [4.78, 5) is 23.0. The Kier molecular flexibility index (Phi) is 4.48. The van der Waals surface area contributed by atoms with Crippen molar-refractivity contribution in [3.63, 3.8) is 0 Å². The molecule has 2 N–H and O–H groups in total. The first-order valence-corrected chi connectivity index (χ1v) is 5.98. The number of nitrogens with one attached hydrogen (secondary N) is 1. The number of amides is 1. The normalized spacial score (nSPS) is 11.1. The van der Waals surface area contributed by atoms with E-state index < -0.39 is 5.97 Å². The van der Waals surface area contributed by atoms with Crippen molar-refractivity contribution in [1.82, 2.24) is 5.32 Å². The van der Waals surface area contributed by atoms with E-state index in [1.807, 2.05) is 0 Å². The largest absolute Gasteiger partial charge is 0.478 e. The molecule has 1 amide bonds. The third kappa shape index (κ3) is 3.58. The molecule has 1 aromatic rings. The van der Waals surface area contributed by atoms with Crippen LogP contribution in [0.1, 0.15) is 47.9 Å². The summed E-state index contributed by atoms with van der Waals surface area (Å²) in [6, 6.07) is 6.22. The lowest BCUT2D eigenvalue weighted by Gasteiger charge is -2.23. The molecule has 0 bridgehead atoms. The SMILES string of the molecule is CCC(C)(C)CNC(=O)c1ccccc1C(=O)O. The van der Waals surface area contributed by atoms with Gasteiger partial charge in [0.1, 0.15) is 0 Å². The molecule has 0 saturated heterocycles. The molecule has 0 heterocycles. The Labute approximate surface area is 107 Å². The van der Waals surface area contributed by atoms with Gasteiger partial charge in [0, 0.05) is 6.54 Å². The van der Waals surface area contributed by atoms with Gasteiger partial charge < -0.3 is 10.4 Å². The number of rotatable bonds is 5. The van der Waals surface area contributed by atoms with E-state index >= 15 is 0 Å². The van der Waals surface area contributed by atoms with Crippen LogP contribution in [0.5, 0.6) is 0 Å². The Morgan fingerprint density at radius 3 is 2.28 bits per heavy atom. The summed E-state index contributed by atoms with van der Waals surface area (Å²) in [7, 11) is 0. The van der Waals surface area contributed by atoms with Crippen LogP contribution in [0.3, 0.4) is 0 Å². The second-order valence-electron chi connectivity index (χ2n) is 5.05. The van der Waals surface area contributed by atoms with Crippen LogP contribution < -0.4 is 5.32 Å². The van der Waals surface area contributed by atoms with Gasteiger partial charge in [-0.3, -0.25) is 4.79 Å². The molecule has 4 nitrogen and oxygen atoms in total. The molecule has 1 rings (SSSR count). The van der Waals surface area contributed by atoms with E-state index in [2.05, 4.69) is 26.1 Å². The summed E-state index contributed by atoms with van der Waals surface area (Å²) in [6.07, 6.45) is 0.938. The van der Waals surface area contributed by atoms with Crippen molar-refractivity contribution in [2.75, 3.05) is 6.54 Å². The van der Waals surface area contributed by atoms with Crippen LogP contribution in [0, 0.1) is 5.41 Å². The van der Waals surface area contributed by atoms with Gasteiger partial charge >= 0.3 is 5.97 Å². The molecule has 0 aliphatic rings. The highest BCUT2D eigenvalue weighted by Gasteiger charge is 2.19. The number of carbonyl (C=O) groups is 2. The van der Waals surface area contributed by atoms with Crippen LogP contribution in [0.4, 0.5) is 0 Å². The first-order valence-electron chi connectivity index (χ1n) is 5.98. The molecular weight excluding hydrogens is 230 g/mol. The highest BCUT2D eigenvalue weighted by atomic mass is 16.4. The monoisotopic (exact) mass is 249 g/mol. The van der Waals surface area contributed by atoms with E-state index in [1.54, 1.807) is 12.1 Å². The Morgan fingerprint density at radius 2 is 1.78 bits per heavy atom. The Morgan fingerprint density at radius 1 is 1.22 bits per heavy atom. The highest BCUT2D eigenvalue weighted by Crippen LogP contribution is 2.18. The maximum atomic E-state index is 12.0. The molecule has 0 unspecified atom stereocenters. The molecule has 0 aliphatic carbocycles. The molecule has 18 heavy (non-hydrogen) atoms. The zero-order valence-corrected chi connectivity index (χ0v) is 11.0. The molecule has 0 saturated carbocycles. The summed E-state index contributed by atoms with van der Waals surface area (Å²) >= 11 is 0. The van der Waals surface area contributed by atoms with Gasteiger partial charge in [0.2, 0.25) is 0 Å². The third-order valence-corrected chi connectivity index (χ3v) is 3.09. The standard InChI is InChI=1S/C14H19NO3/c1-4-14(2,3)9-15-12(16)10-7-5-6-8-11(10)13(17)18/h5-8H,4,9H2,1-3H3,(H,15,16)(H,17,18). The number of carbonyl (C=O) groups excluding carboxylic acids is 1. The van der Waals surface area contributed by atoms with Crippen molar-refractivity contribution in [2.45, 2.75) is 27.2 Å². The maximum Gasteiger partial charge on any atom is 0.336 e. The van der Waals surface area contributed by atoms with Crippen molar-refractivity contribution < 1.29 is 14.7 Å². The fourth-order valence-corrected chi connectivity index (χ4v) is 1.41. The van der Waals surface area contributed by atoms with Gasteiger partial charge in [-0.15, -0.1) is 0 Å². The fourth-order valence-electron chi connectivity index (χ4n) is 1.41. The maximum absolute atomic E-state index is 12.0. The number of aromatic carboxylic acids is 1. The van der Waals surface area contributed by atoms with Crippen LogP contribution in [-0.2, 0) is 0 Å². The van der Waals surface area contributed by atoms with E-state index in [4.69, 9.17) is 5.11 Å². The second-order valence-corrected chi connectivity index (χ2v) is 5.05. The number of hydrogen-bond donors (Lipinski definition) is 2. The average Bonchev–Trinajstić information content (AvgIpc) is 2.36. The predicted octanol–water partition coefficient (Wildman–Crippen LogP) is 2.55. The number of benzene rings is 1. The van der Waals surface area contributed by atoms with E-state index in [0.29, 0.717) is 6.54 Å². The van der Waals surface area contributed by atoms with Gasteiger partial charge in [0.05, 0.1) is 11.1 Å². The minimum atomic E-state index is -1.09. The smallest absolute Gasteiger partial charge is 0.336 e. The molecule has 1 aromatic carbocycles. The molecular formula is C14H19NO3. The fraction of sp³-hybridized carbons (Fsp3) is 0.429. The summed E-state index contributed by atoms with van der Waals surface area (Å²) in [5.41, 5.74) is 0.245. The molecule has 0 spiro atoms. The Bertz CT molecular complexity index is 452. The minimum Gasteiger partial charge on any atom is -0.478 e. The molecule has 4 heteroatoms. The summed E-state index contributed by atoms with van der Waals surface area (Å²) in [6.45, 7) is 6.68. The zero-order chi connectivity index (χ0) is 13.8.